The van der Waals surface area contributed by atoms with Crippen LogP contribution < -0.4 is 10.6 Å². The molecule has 124 valence electrons. The molecule has 7 nitrogen and oxygen atoms in total. The molecule has 1 aliphatic heterocycles. The van der Waals surface area contributed by atoms with Crippen molar-refractivity contribution in [3.05, 3.63) is 30.3 Å². The third kappa shape index (κ3) is 3.53. The molecule has 1 aromatic rings. The van der Waals surface area contributed by atoms with Crippen molar-refractivity contribution in [1.29, 1.82) is 0 Å². The molecule has 2 amide bonds. The Kier molecular flexibility index (Phi) is 4.36. The van der Waals surface area contributed by atoms with E-state index in [0.717, 1.165) is 17.1 Å². The van der Waals surface area contributed by atoms with Crippen LogP contribution in [0.3, 0.4) is 0 Å². The second-order valence-electron chi connectivity index (χ2n) is 5.78. The maximum atomic E-state index is 12.8. The summed E-state index contributed by atoms with van der Waals surface area (Å²) in [6.07, 6.45) is 1.72. The number of nitrogens with one attached hydrogen (secondary N) is 2. The topological polar surface area (TPSA) is 95.6 Å². The number of nitrogens with zero attached hydrogens (tertiary/aromatic N) is 1. The van der Waals surface area contributed by atoms with E-state index in [9.17, 15) is 18.0 Å². The van der Waals surface area contributed by atoms with Crippen LogP contribution in [0.25, 0.3) is 0 Å². The van der Waals surface area contributed by atoms with Crippen molar-refractivity contribution >= 4 is 21.8 Å². The van der Waals surface area contributed by atoms with Crippen molar-refractivity contribution in [2.75, 3.05) is 13.1 Å². The van der Waals surface area contributed by atoms with Crippen LogP contribution in [-0.4, -0.2) is 49.7 Å². The molecule has 0 spiro atoms. The SMILES string of the molecule is O=C(C[C@@H]1C(=O)NCCN1S(=O)(=O)c1ccccc1)NC1CC1. The lowest BCUT2D eigenvalue weighted by Crippen LogP contribution is -2.58. The Bertz CT molecular complexity index is 701. The maximum absolute atomic E-state index is 12.8. The van der Waals surface area contributed by atoms with Crippen LogP contribution in [0.5, 0.6) is 0 Å². The van der Waals surface area contributed by atoms with E-state index >= 15 is 0 Å². The Hall–Kier alpha value is -1.93. The number of carbonyl (C=O) groups is 2. The third-order valence-electron chi connectivity index (χ3n) is 3.95. The average Bonchev–Trinajstić information content (AvgIpc) is 3.34. The van der Waals surface area contributed by atoms with Crippen LogP contribution in [0.2, 0.25) is 0 Å². The van der Waals surface area contributed by atoms with Gasteiger partial charge in [-0.1, -0.05) is 18.2 Å². The highest BCUT2D eigenvalue weighted by atomic mass is 32.2. The minimum Gasteiger partial charge on any atom is -0.353 e. The highest BCUT2D eigenvalue weighted by Crippen LogP contribution is 2.23. The van der Waals surface area contributed by atoms with Gasteiger partial charge in [-0.3, -0.25) is 9.59 Å². The number of sulfonamides is 1. The first-order chi connectivity index (χ1) is 11.0. The molecule has 0 aromatic heterocycles. The molecular weight excluding hydrogens is 318 g/mol. The summed E-state index contributed by atoms with van der Waals surface area (Å²) in [5.41, 5.74) is 0. The van der Waals surface area contributed by atoms with Crippen LogP contribution in [0.4, 0.5) is 0 Å². The van der Waals surface area contributed by atoms with Crippen molar-refractivity contribution in [2.24, 2.45) is 0 Å². The van der Waals surface area contributed by atoms with Gasteiger partial charge in [0.05, 0.1) is 11.3 Å². The van der Waals surface area contributed by atoms with E-state index in [0.29, 0.717) is 0 Å². The first-order valence-corrected chi connectivity index (χ1v) is 9.06. The van der Waals surface area contributed by atoms with E-state index in [-0.39, 0.29) is 36.4 Å². The molecule has 0 bridgehead atoms. The van der Waals surface area contributed by atoms with Crippen molar-refractivity contribution in [3.63, 3.8) is 0 Å². The summed E-state index contributed by atoms with van der Waals surface area (Å²) in [4.78, 5) is 24.3. The van der Waals surface area contributed by atoms with Gasteiger partial charge in [-0.25, -0.2) is 8.42 Å². The normalized spacial score (nSPS) is 22.4. The second-order valence-corrected chi connectivity index (χ2v) is 7.67. The first kappa shape index (κ1) is 15.9. The van der Waals surface area contributed by atoms with Gasteiger partial charge >= 0.3 is 0 Å². The van der Waals surface area contributed by atoms with Gasteiger partial charge in [0.15, 0.2) is 0 Å². The van der Waals surface area contributed by atoms with Crippen LogP contribution >= 0.6 is 0 Å². The number of carbonyl (C=O) groups excluding carboxylic acids is 2. The van der Waals surface area contributed by atoms with Crippen molar-refractivity contribution in [1.82, 2.24) is 14.9 Å². The molecule has 1 saturated heterocycles. The van der Waals surface area contributed by atoms with Crippen LogP contribution in [-0.2, 0) is 19.6 Å². The van der Waals surface area contributed by atoms with E-state index in [1.165, 1.54) is 12.1 Å². The smallest absolute Gasteiger partial charge is 0.243 e. The number of hydrogen-bond donors (Lipinski definition) is 2. The number of piperazine rings is 1. The molecule has 23 heavy (non-hydrogen) atoms. The van der Waals surface area contributed by atoms with E-state index in [1.54, 1.807) is 18.2 Å². The molecule has 1 aromatic carbocycles. The zero-order valence-corrected chi connectivity index (χ0v) is 13.4. The highest BCUT2D eigenvalue weighted by Gasteiger charge is 2.40. The Balaban J connectivity index is 1.82. The van der Waals surface area contributed by atoms with Gasteiger partial charge in [0.1, 0.15) is 6.04 Å². The molecule has 2 aliphatic rings. The van der Waals surface area contributed by atoms with Crippen LogP contribution in [0.15, 0.2) is 35.2 Å². The molecule has 1 atom stereocenters. The summed E-state index contributed by atoms with van der Waals surface area (Å²) in [6.45, 7) is 0.399. The Morgan fingerprint density at radius 2 is 1.96 bits per heavy atom. The van der Waals surface area contributed by atoms with E-state index < -0.39 is 22.0 Å². The average molecular weight is 337 g/mol. The highest BCUT2D eigenvalue weighted by molar-refractivity contribution is 7.89. The molecule has 8 heteroatoms. The summed E-state index contributed by atoms with van der Waals surface area (Å²) >= 11 is 0. The minimum absolute atomic E-state index is 0.127. The van der Waals surface area contributed by atoms with E-state index in [2.05, 4.69) is 10.6 Å². The van der Waals surface area contributed by atoms with Gasteiger partial charge in [0.25, 0.3) is 0 Å². The van der Waals surface area contributed by atoms with Crippen LogP contribution in [0.1, 0.15) is 19.3 Å². The number of rotatable bonds is 5. The van der Waals surface area contributed by atoms with Gasteiger partial charge in [-0.05, 0) is 25.0 Å². The largest absolute Gasteiger partial charge is 0.353 e. The molecular formula is C15H19N3O4S. The fraction of sp³-hybridized carbons (Fsp3) is 0.467. The zero-order chi connectivity index (χ0) is 16.4. The minimum atomic E-state index is -3.81. The Morgan fingerprint density at radius 1 is 1.26 bits per heavy atom. The van der Waals surface area contributed by atoms with Gasteiger partial charge in [-0.15, -0.1) is 0 Å². The lowest BCUT2D eigenvalue weighted by molar-refractivity contribution is -0.131. The maximum Gasteiger partial charge on any atom is 0.243 e. The molecule has 2 N–H and O–H groups in total. The fourth-order valence-electron chi connectivity index (χ4n) is 2.59. The van der Waals surface area contributed by atoms with Crippen molar-refractivity contribution < 1.29 is 18.0 Å². The standard InChI is InChI=1S/C15H19N3O4S/c19-14(17-11-6-7-11)10-13-15(20)16-8-9-18(13)23(21,22)12-4-2-1-3-5-12/h1-5,11,13H,6-10H2,(H,16,20)(H,17,19)/t13-/m1/s1. The predicted octanol–water partition coefficient (Wildman–Crippen LogP) is -0.156. The molecule has 3 rings (SSSR count). The summed E-state index contributed by atoms with van der Waals surface area (Å²) in [7, 11) is -3.81. The Labute approximate surface area is 135 Å². The number of hydrogen-bond acceptors (Lipinski definition) is 4. The van der Waals surface area contributed by atoms with Crippen LogP contribution in [0, 0.1) is 0 Å². The van der Waals surface area contributed by atoms with Gasteiger partial charge in [0, 0.05) is 19.1 Å². The number of amides is 2. The zero-order valence-electron chi connectivity index (χ0n) is 12.6. The van der Waals surface area contributed by atoms with E-state index in [4.69, 9.17) is 0 Å². The fourth-order valence-corrected chi connectivity index (χ4v) is 4.20. The molecule has 1 heterocycles. The molecule has 1 saturated carbocycles. The van der Waals surface area contributed by atoms with Crippen molar-refractivity contribution in [2.45, 2.75) is 36.2 Å². The number of benzene rings is 1. The van der Waals surface area contributed by atoms with Gasteiger partial charge in [0.2, 0.25) is 21.8 Å². The summed E-state index contributed by atoms with van der Waals surface area (Å²) in [5.74, 6) is -0.718. The van der Waals surface area contributed by atoms with Gasteiger partial charge < -0.3 is 10.6 Å². The molecule has 0 radical (unpaired) electrons. The molecule has 2 fully saturated rings. The Morgan fingerprint density at radius 3 is 2.61 bits per heavy atom. The lowest BCUT2D eigenvalue weighted by atomic mass is 10.1. The molecule has 0 unspecified atom stereocenters. The lowest BCUT2D eigenvalue weighted by Gasteiger charge is -2.33. The summed E-state index contributed by atoms with van der Waals surface area (Å²) < 4.78 is 26.7. The molecule has 1 aliphatic carbocycles. The van der Waals surface area contributed by atoms with Crippen molar-refractivity contribution in [3.8, 4) is 0 Å². The summed E-state index contributed by atoms with van der Waals surface area (Å²) in [6, 6.07) is 7.13. The summed E-state index contributed by atoms with van der Waals surface area (Å²) in [5, 5.41) is 5.43. The second kappa shape index (κ2) is 6.29. The quantitative estimate of drug-likeness (QED) is 0.781. The first-order valence-electron chi connectivity index (χ1n) is 7.62. The predicted molar refractivity (Wildman–Crippen MR) is 82.9 cm³/mol. The monoisotopic (exact) mass is 337 g/mol. The third-order valence-corrected chi connectivity index (χ3v) is 5.88. The van der Waals surface area contributed by atoms with E-state index in [1.807, 2.05) is 0 Å². The van der Waals surface area contributed by atoms with Gasteiger partial charge in [-0.2, -0.15) is 4.31 Å².